The molecular weight excluding hydrogens is 268 g/mol. The first kappa shape index (κ1) is 13.5. The molecule has 0 amide bonds. The van der Waals surface area contributed by atoms with Crippen molar-refractivity contribution in [2.75, 3.05) is 0 Å². The van der Waals surface area contributed by atoms with Crippen LogP contribution in [0.4, 0.5) is 0 Å². The highest BCUT2D eigenvalue weighted by Gasteiger charge is 2.12. The molecule has 5 nitrogen and oxygen atoms in total. The van der Waals surface area contributed by atoms with Gasteiger partial charge in [0, 0.05) is 5.92 Å². The number of nitrogens with zero attached hydrogens (tertiary/aromatic N) is 2. The summed E-state index contributed by atoms with van der Waals surface area (Å²) >= 11 is 5.90. The Hall–Kier alpha value is -1.88. The van der Waals surface area contributed by atoms with Gasteiger partial charge in [0.25, 0.3) is 0 Å². The zero-order valence-electron chi connectivity index (χ0n) is 10.6. The minimum absolute atomic E-state index is 0.122. The second-order valence-electron chi connectivity index (χ2n) is 4.26. The highest BCUT2D eigenvalue weighted by Crippen LogP contribution is 2.25. The largest absolute Gasteiger partial charge is 0.485 e. The molecule has 2 rings (SSSR count). The van der Waals surface area contributed by atoms with E-state index in [9.17, 15) is 4.79 Å². The molecule has 0 saturated heterocycles. The van der Waals surface area contributed by atoms with Gasteiger partial charge in [-0.1, -0.05) is 36.7 Å². The van der Waals surface area contributed by atoms with E-state index in [4.69, 9.17) is 20.9 Å². The summed E-state index contributed by atoms with van der Waals surface area (Å²) in [6, 6.07) is 5.00. The zero-order valence-corrected chi connectivity index (χ0v) is 11.3. The van der Waals surface area contributed by atoms with Crippen LogP contribution < -0.4 is 4.74 Å². The average Bonchev–Trinajstić information content (AvgIpc) is 2.85. The summed E-state index contributed by atoms with van der Waals surface area (Å²) < 4.78 is 10.5. The molecule has 100 valence electrons. The fraction of sp³-hybridized carbons (Fsp3) is 0.308. The van der Waals surface area contributed by atoms with Gasteiger partial charge in [-0.15, -0.1) is 0 Å². The molecule has 6 heteroatoms. The predicted octanol–water partition coefficient (Wildman–Crippen LogP) is 3.24. The van der Waals surface area contributed by atoms with E-state index in [1.54, 1.807) is 18.2 Å². The quantitative estimate of drug-likeness (QED) is 0.787. The molecule has 0 radical (unpaired) electrons. The number of aldehydes is 1. The molecule has 0 aliphatic heterocycles. The van der Waals surface area contributed by atoms with Crippen molar-refractivity contribution < 1.29 is 14.1 Å². The number of aromatic nitrogens is 2. The van der Waals surface area contributed by atoms with Crippen molar-refractivity contribution in [3.63, 3.8) is 0 Å². The van der Waals surface area contributed by atoms with Crippen LogP contribution in [0.1, 0.15) is 41.8 Å². The highest BCUT2D eigenvalue weighted by molar-refractivity contribution is 6.33. The van der Waals surface area contributed by atoms with Crippen LogP contribution in [-0.2, 0) is 6.61 Å². The molecule has 19 heavy (non-hydrogen) atoms. The Labute approximate surface area is 115 Å². The third kappa shape index (κ3) is 3.12. The van der Waals surface area contributed by atoms with Crippen molar-refractivity contribution in [2.45, 2.75) is 26.4 Å². The standard InChI is InChI=1S/C13H13ClN2O3/c1-8(2)13-15-12(16-19-13)7-18-11-5-3-4-10(14)9(11)6-17/h3-6,8H,7H2,1-2H3. The Morgan fingerprint density at radius 1 is 1.47 bits per heavy atom. The van der Waals surface area contributed by atoms with Crippen LogP contribution in [-0.4, -0.2) is 16.4 Å². The van der Waals surface area contributed by atoms with Crippen molar-refractivity contribution in [1.82, 2.24) is 10.1 Å². The molecule has 0 spiro atoms. The van der Waals surface area contributed by atoms with E-state index in [-0.39, 0.29) is 12.5 Å². The Morgan fingerprint density at radius 3 is 2.89 bits per heavy atom. The molecule has 0 aliphatic carbocycles. The Kier molecular flexibility index (Phi) is 4.16. The fourth-order valence-corrected chi connectivity index (χ4v) is 1.67. The Morgan fingerprint density at radius 2 is 2.26 bits per heavy atom. The number of rotatable bonds is 5. The SMILES string of the molecule is CC(C)c1nc(COc2cccc(Cl)c2C=O)no1. The van der Waals surface area contributed by atoms with E-state index in [0.29, 0.717) is 34.3 Å². The molecular formula is C13H13ClN2O3. The maximum atomic E-state index is 10.9. The summed E-state index contributed by atoms with van der Waals surface area (Å²) in [7, 11) is 0. The summed E-state index contributed by atoms with van der Waals surface area (Å²) in [5, 5.41) is 4.15. The van der Waals surface area contributed by atoms with Crippen LogP contribution in [0.15, 0.2) is 22.7 Å². The number of ether oxygens (including phenoxy) is 1. The lowest BCUT2D eigenvalue weighted by atomic mass is 10.2. The van der Waals surface area contributed by atoms with Gasteiger partial charge in [0.1, 0.15) is 5.75 Å². The predicted molar refractivity (Wildman–Crippen MR) is 69.6 cm³/mol. The molecule has 0 aliphatic rings. The van der Waals surface area contributed by atoms with Gasteiger partial charge in [-0.05, 0) is 12.1 Å². The third-order valence-corrected chi connectivity index (χ3v) is 2.79. The molecule has 0 atom stereocenters. The summed E-state index contributed by atoms with van der Waals surface area (Å²) in [5.74, 6) is 1.55. The number of hydrogen-bond acceptors (Lipinski definition) is 5. The van der Waals surface area contributed by atoms with Gasteiger partial charge in [0.2, 0.25) is 11.7 Å². The first-order valence-electron chi connectivity index (χ1n) is 5.80. The molecule has 0 bridgehead atoms. The topological polar surface area (TPSA) is 65.2 Å². The van der Waals surface area contributed by atoms with Gasteiger partial charge in [-0.2, -0.15) is 4.98 Å². The Bertz CT molecular complexity index is 581. The van der Waals surface area contributed by atoms with E-state index >= 15 is 0 Å². The fourth-order valence-electron chi connectivity index (χ4n) is 1.46. The van der Waals surface area contributed by atoms with Crippen molar-refractivity contribution in [3.05, 3.63) is 40.5 Å². The normalized spacial score (nSPS) is 10.7. The molecule has 1 aromatic heterocycles. The molecule has 0 saturated carbocycles. The van der Waals surface area contributed by atoms with E-state index in [0.717, 1.165) is 0 Å². The van der Waals surface area contributed by atoms with Crippen LogP contribution in [0, 0.1) is 0 Å². The van der Waals surface area contributed by atoms with Crippen LogP contribution in [0.25, 0.3) is 0 Å². The van der Waals surface area contributed by atoms with Crippen molar-refractivity contribution in [2.24, 2.45) is 0 Å². The molecule has 0 unspecified atom stereocenters. The van der Waals surface area contributed by atoms with Crippen LogP contribution in [0.3, 0.4) is 0 Å². The van der Waals surface area contributed by atoms with Gasteiger partial charge >= 0.3 is 0 Å². The number of benzene rings is 1. The number of halogens is 1. The summed E-state index contributed by atoms with van der Waals surface area (Å²) in [6.45, 7) is 4.04. The Balaban J connectivity index is 2.10. The molecule has 1 heterocycles. The molecule has 0 fully saturated rings. The van der Waals surface area contributed by atoms with Gasteiger partial charge in [-0.3, -0.25) is 4.79 Å². The monoisotopic (exact) mass is 280 g/mol. The van der Waals surface area contributed by atoms with E-state index in [1.807, 2.05) is 13.8 Å². The second-order valence-corrected chi connectivity index (χ2v) is 4.67. The van der Waals surface area contributed by atoms with E-state index < -0.39 is 0 Å². The minimum Gasteiger partial charge on any atom is -0.485 e. The van der Waals surface area contributed by atoms with Crippen molar-refractivity contribution in [3.8, 4) is 5.75 Å². The van der Waals surface area contributed by atoms with Gasteiger partial charge in [-0.25, -0.2) is 0 Å². The molecule has 2 aromatic rings. The lowest BCUT2D eigenvalue weighted by molar-refractivity contribution is 0.111. The van der Waals surface area contributed by atoms with Crippen molar-refractivity contribution in [1.29, 1.82) is 0 Å². The third-order valence-electron chi connectivity index (χ3n) is 2.47. The van der Waals surface area contributed by atoms with Gasteiger partial charge < -0.3 is 9.26 Å². The van der Waals surface area contributed by atoms with E-state index in [1.165, 1.54) is 0 Å². The number of carbonyl (C=O) groups is 1. The summed E-state index contributed by atoms with van der Waals surface area (Å²) in [4.78, 5) is 15.1. The van der Waals surface area contributed by atoms with E-state index in [2.05, 4.69) is 10.1 Å². The van der Waals surface area contributed by atoms with Gasteiger partial charge in [0.15, 0.2) is 12.9 Å². The van der Waals surface area contributed by atoms with Crippen LogP contribution in [0.5, 0.6) is 5.75 Å². The van der Waals surface area contributed by atoms with Gasteiger partial charge in [0.05, 0.1) is 10.6 Å². The maximum Gasteiger partial charge on any atom is 0.229 e. The van der Waals surface area contributed by atoms with Crippen LogP contribution >= 0.6 is 11.6 Å². The first-order valence-corrected chi connectivity index (χ1v) is 6.18. The van der Waals surface area contributed by atoms with Crippen LogP contribution in [0.2, 0.25) is 5.02 Å². The zero-order chi connectivity index (χ0) is 13.8. The van der Waals surface area contributed by atoms with Crippen molar-refractivity contribution >= 4 is 17.9 Å². The summed E-state index contributed by atoms with van der Waals surface area (Å²) in [5.41, 5.74) is 0.316. The summed E-state index contributed by atoms with van der Waals surface area (Å²) in [6.07, 6.45) is 0.660. The lowest BCUT2D eigenvalue weighted by Crippen LogP contribution is -2.00. The average molecular weight is 281 g/mol. The molecule has 0 N–H and O–H groups in total. The number of hydrogen-bond donors (Lipinski definition) is 0. The maximum absolute atomic E-state index is 10.9. The first-order chi connectivity index (χ1) is 9.11. The minimum atomic E-state index is 0.122. The second kappa shape index (κ2) is 5.84. The lowest BCUT2D eigenvalue weighted by Gasteiger charge is -2.06. The number of carbonyl (C=O) groups excluding carboxylic acids is 1. The molecule has 1 aromatic carbocycles. The highest BCUT2D eigenvalue weighted by atomic mass is 35.5. The smallest absolute Gasteiger partial charge is 0.229 e.